The number of hydrogen-bond donors (Lipinski definition) is 0. The molecule has 1 aromatic carbocycles. The van der Waals surface area contributed by atoms with Gasteiger partial charge < -0.3 is 0 Å². The average molecular weight is 311 g/mol. The van der Waals surface area contributed by atoms with Crippen LogP contribution < -0.4 is 0 Å². The Balaban J connectivity index is 1.98. The van der Waals surface area contributed by atoms with E-state index in [-0.39, 0.29) is 0 Å². The summed E-state index contributed by atoms with van der Waals surface area (Å²) >= 11 is 5.23. The minimum Gasteiger partial charge on any atom is -0.297 e. The molecule has 0 spiro atoms. The maximum atomic E-state index is 4.28. The molecule has 0 radical (unpaired) electrons. The molecular weight excluding hydrogens is 296 g/mol. The monoisotopic (exact) mass is 310 g/mol. The first-order valence-corrected chi connectivity index (χ1v) is 7.14. The number of rotatable bonds is 4. The van der Waals surface area contributed by atoms with Crippen molar-refractivity contribution in [1.82, 2.24) is 9.88 Å². The maximum Gasteiger partial charge on any atom is 0.0798 e. The molecule has 0 aliphatic heterocycles. The lowest BCUT2D eigenvalue weighted by molar-refractivity contribution is 0.321. The average Bonchev–Trinajstić information content (AvgIpc) is 2.64. The molecule has 1 aromatic heterocycles. The highest BCUT2D eigenvalue weighted by Gasteiger charge is 2.06. The largest absolute Gasteiger partial charge is 0.297 e. The van der Waals surface area contributed by atoms with E-state index in [1.807, 2.05) is 5.51 Å². The van der Waals surface area contributed by atoms with Crippen molar-refractivity contribution in [3.8, 4) is 0 Å². The van der Waals surface area contributed by atoms with E-state index in [2.05, 4.69) is 64.1 Å². The van der Waals surface area contributed by atoms with Crippen LogP contribution in [0.4, 0.5) is 0 Å². The number of aryl methyl sites for hydroxylation is 1. The molecule has 2 nitrogen and oxygen atoms in total. The fourth-order valence-corrected chi connectivity index (χ4v) is 3.03. The Morgan fingerprint density at radius 2 is 2.18 bits per heavy atom. The van der Waals surface area contributed by atoms with Crippen LogP contribution in [0.3, 0.4) is 0 Å². The van der Waals surface area contributed by atoms with Crippen LogP contribution >= 0.6 is 27.3 Å². The summed E-state index contributed by atoms with van der Waals surface area (Å²) in [5.41, 5.74) is 4.39. The van der Waals surface area contributed by atoms with Crippen LogP contribution in [0.2, 0.25) is 0 Å². The summed E-state index contributed by atoms with van der Waals surface area (Å²) in [6.45, 7) is 3.98. The molecule has 0 bridgehead atoms. The Labute approximate surface area is 114 Å². The second-order valence-electron chi connectivity index (χ2n) is 4.16. The Morgan fingerprint density at radius 1 is 1.35 bits per heavy atom. The Bertz CT molecular complexity index is 496. The summed E-state index contributed by atoms with van der Waals surface area (Å²) in [5.74, 6) is 0. The molecule has 0 saturated heterocycles. The first kappa shape index (κ1) is 12.7. The molecule has 0 unspecified atom stereocenters. The van der Waals surface area contributed by atoms with Crippen LogP contribution in [0.1, 0.15) is 16.1 Å². The Morgan fingerprint density at radius 3 is 2.82 bits per heavy atom. The number of hydrogen-bond acceptors (Lipinski definition) is 3. The number of benzene rings is 1. The van der Waals surface area contributed by atoms with Gasteiger partial charge in [-0.25, -0.2) is 4.98 Å². The third-order valence-corrected chi connectivity index (χ3v) is 4.01. The second-order valence-corrected chi connectivity index (χ2v) is 6.02. The van der Waals surface area contributed by atoms with Crippen LogP contribution in [0, 0.1) is 6.92 Å². The zero-order valence-corrected chi connectivity index (χ0v) is 12.4. The molecule has 0 N–H and O–H groups in total. The lowest BCUT2D eigenvalue weighted by Gasteiger charge is -2.16. The van der Waals surface area contributed by atoms with Gasteiger partial charge in [-0.3, -0.25) is 4.90 Å². The van der Waals surface area contributed by atoms with Crippen molar-refractivity contribution in [3.63, 3.8) is 0 Å². The Kier molecular flexibility index (Phi) is 4.31. The van der Waals surface area contributed by atoms with E-state index in [0.717, 1.165) is 23.3 Å². The summed E-state index contributed by atoms with van der Waals surface area (Å²) in [6.07, 6.45) is 0. The van der Waals surface area contributed by atoms with Gasteiger partial charge in [0.1, 0.15) is 0 Å². The number of nitrogens with zero attached hydrogens (tertiary/aromatic N) is 2. The zero-order valence-electron chi connectivity index (χ0n) is 9.98. The number of halogens is 1. The Hall–Kier alpha value is -0.710. The smallest absolute Gasteiger partial charge is 0.0798 e. The molecule has 90 valence electrons. The zero-order chi connectivity index (χ0) is 12.3. The van der Waals surface area contributed by atoms with Gasteiger partial charge in [0.2, 0.25) is 0 Å². The molecule has 0 atom stereocenters. The highest BCUT2D eigenvalue weighted by molar-refractivity contribution is 9.10. The second kappa shape index (κ2) is 5.76. The maximum absolute atomic E-state index is 4.28. The van der Waals surface area contributed by atoms with Gasteiger partial charge in [-0.05, 0) is 31.7 Å². The van der Waals surface area contributed by atoms with E-state index in [0.29, 0.717) is 0 Å². The van der Waals surface area contributed by atoms with Gasteiger partial charge >= 0.3 is 0 Å². The van der Waals surface area contributed by atoms with Gasteiger partial charge in [-0.2, -0.15) is 0 Å². The number of aromatic nitrogens is 1. The fraction of sp³-hybridized carbons (Fsp3) is 0.308. The van der Waals surface area contributed by atoms with Gasteiger partial charge in [0.15, 0.2) is 0 Å². The molecule has 2 rings (SSSR count). The minimum atomic E-state index is 0.955. The molecule has 0 saturated carbocycles. The highest BCUT2D eigenvalue weighted by atomic mass is 79.9. The topological polar surface area (TPSA) is 16.1 Å². The SMILES string of the molecule is Cc1ncsc1CN(C)Cc1cccc(Br)c1. The van der Waals surface area contributed by atoms with Crippen molar-refractivity contribution in [2.75, 3.05) is 7.05 Å². The summed E-state index contributed by atoms with van der Waals surface area (Å²) in [5, 5.41) is 0. The fourth-order valence-electron chi connectivity index (χ4n) is 1.73. The minimum absolute atomic E-state index is 0.955. The third-order valence-electron chi connectivity index (χ3n) is 2.60. The van der Waals surface area contributed by atoms with Gasteiger partial charge in [0, 0.05) is 22.4 Å². The lowest BCUT2D eigenvalue weighted by atomic mass is 10.2. The molecule has 2 aromatic rings. The quantitative estimate of drug-likeness (QED) is 0.853. The molecular formula is C13H15BrN2S. The van der Waals surface area contributed by atoms with E-state index in [4.69, 9.17) is 0 Å². The molecule has 17 heavy (non-hydrogen) atoms. The summed E-state index contributed by atoms with van der Waals surface area (Å²) < 4.78 is 1.14. The molecule has 0 fully saturated rings. The van der Waals surface area contributed by atoms with E-state index in [1.165, 1.54) is 10.4 Å². The van der Waals surface area contributed by atoms with Gasteiger partial charge in [-0.1, -0.05) is 28.1 Å². The molecule has 0 aliphatic rings. The summed E-state index contributed by atoms with van der Waals surface area (Å²) in [6, 6.07) is 8.44. The number of thiazole rings is 1. The normalized spacial score (nSPS) is 11.1. The standard InChI is InChI=1S/C13H15BrN2S/c1-10-13(17-9-15-10)8-16(2)7-11-4-3-5-12(14)6-11/h3-6,9H,7-8H2,1-2H3. The van der Waals surface area contributed by atoms with Gasteiger partial charge in [-0.15, -0.1) is 11.3 Å². The first-order chi connectivity index (χ1) is 8.15. The van der Waals surface area contributed by atoms with Crippen LogP contribution in [0.25, 0.3) is 0 Å². The van der Waals surface area contributed by atoms with Crippen LogP contribution in [-0.2, 0) is 13.1 Å². The van der Waals surface area contributed by atoms with Crippen molar-refractivity contribution in [2.24, 2.45) is 0 Å². The molecule has 0 aliphatic carbocycles. The van der Waals surface area contributed by atoms with Crippen LogP contribution in [0.15, 0.2) is 34.2 Å². The van der Waals surface area contributed by atoms with Crippen molar-refractivity contribution in [2.45, 2.75) is 20.0 Å². The first-order valence-electron chi connectivity index (χ1n) is 5.47. The highest BCUT2D eigenvalue weighted by Crippen LogP contribution is 2.17. The van der Waals surface area contributed by atoms with Gasteiger partial charge in [0.05, 0.1) is 11.2 Å². The van der Waals surface area contributed by atoms with Crippen LogP contribution in [0.5, 0.6) is 0 Å². The lowest BCUT2D eigenvalue weighted by Crippen LogP contribution is -2.17. The van der Waals surface area contributed by atoms with E-state index >= 15 is 0 Å². The van der Waals surface area contributed by atoms with Crippen molar-refractivity contribution >= 4 is 27.3 Å². The van der Waals surface area contributed by atoms with Crippen LogP contribution in [-0.4, -0.2) is 16.9 Å². The molecule has 4 heteroatoms. The van der Waals surface area contributed by atoms with E-state index < -0.39 is 0 Å². The summed E-state index contributed by atoms with van der Waals surface area (Å²) in [4.78, 5) is 7.93. The van der Waals surface area contributed by atoms with Crippen molar-refractivity contribution in [3.05, 3.63) is 50.4 Å². The van der Waals surface area contributed by atoms with E-state index in [9.17, 15) is 0 Å². The molecule has 0 amide bonds. The predicted molar refractivity (Wildman–Crippen MR) is 76.2 cm³/mol. The van der Waals surface area contributed by atoms with Crippen molar-refractivity contribution < 1.29 is 0 Å². The van der Waals surface area contributed by atoms with Gasteiger partial charge in [0.25, 0.3) is 0 Å². The third kappa shape index (κ3) is 3.63. The van der Waals surface area contributed by atoms with Crippen molar-refractivity contribution in [1.29, 1.82) is 0 Å². The summed E-state index contributed by atoms with van der Waals surface area (Å²) in [7, 11) is 2.14. The van der Waals surface area contributed by atoms with E-state index in [1.54, 1.807) is 11.3 Å². The predicted octanol–water partition coefficient (Wildman–Crippen LogP) is 3.85. The molecule has 1 heterocycles.